The summed E-state index contributed by atoms with van der Waals surface area (Å²) in [6.45, 7) is 2.08. The fourth-order valence-corrected chi connectivity index (χ4v) is 2.79. The normalized spacial score (nSPS) is 12.4. The summed E-state index contributed by atoms with van der Waals surface area (Å²) in [7, 11) is 0. The first-order valence-corrected chi connectivity index (χ1v) is 6.77. The molecule has 0 aliphatic carbocycles. The molecule has 0 radical (unpaired) electrons. The largest absolute Gasteiger partial charge is 0.376 e. The van der Waals surface area contributed by atoms with Gasteiger partial charge in [-0.2, -0.15) is 0 Å². The SMILES string of the molecule is CC(Nc1cccc(Cl)c1)c1ncc(Br)s1. The molecule has 2 aromatic rings. The summed E-state index contributed by atoms with van der Waals surface area (Å²) < 4.78 is 1.04. The van der Waals surface area contributed by atoms with E-state index in [2.05, 4.69) is 33.2 Å². The van der Waals surface area contributed by atoms with Gasteiger partial charge in [-0.15, -0.1) is 11.3 Å². The fraction of sp³-hybridized carbons (Fsp3) is 0.182. The van der Waals surface area contributed by atoms with E-state index >= 15 is 0 Å². The molecule has 0 saturated heterocycles. The predicted octanol–water partition coefficient (Wildman–Crippen LogP) is 4.73. The molecule has 2 rings (SSSR count). The van der Waals surface area contributed by atoms with Gasteiger partial charge in [0.25, 0.3) is 0 Å². The lowest BCUT2D eigenvalue weighted by molar-refractivity contribution is 0.870. The van der Waals surface area contributed by atoms with Gasteiger partial charge in [-0.25, -0.2) is 4.98 Å². The van der Waals surface area contributed by atoms with Crippen molar-refractivity contribution in [2.75, 3.05) is 5.32 Å². The summed E-state index contributed by atoms with van der Waals surface area (Å²) in [4.78, 5) is 4.31. The monoisotopic (exact) mass is 316 g/mol. The molecule has 1 unspecified atom stereocenters. The lowest BCUT2D eigenvalue weighted by Gasteiger charge is -2.12. The molecule has 16 heavy (non-hydrogen) atoms. The zero-order valence-corrected chi connectivity index (χ0v) is 11.7. The summed E-state index contributed by atoms with van der Waals surface area (Å²) in [6, 6.07) is 7.85. The van der Waals surface area contributed by atoms with E-state index in [4.69, 9.17) is 11.6 Å². The maximum Gasteiger partial charge on any atom is 0.116 e. The number of hydrogen-bond acceptors (Lipinski definition) is 3. The van der Waals surface area contributed by atoms with Crippen molar-refractivity contribution in [1.82, 2.24) is 4.98 Å². The zero-order valence-electron chi connectivity index (χ0n) is 8.58. The van der Waals surface area contributed by atoms with Crippen LogP contribution in [-0.4, -0.2) is 4.98 Å². The number of thiazole rings is 1. The first-order chi connectivity index (χ1) is 7.65. The van der Waals surface area contributed by atoms with Crippen LogP contribution in [0.15, 0.2) is 34.2 Å². The fourth-order valence-electron chi connectivity index (χ4n) is 1.36. The van der Waals surface area contributed by atoms with Gasteiger partial charge >= 0.3 is 0 Å². The van der Waals surface area contributed by atoms with E-state index in [-0.39, 0.29) is 6.04 Å². The van der Waals surface area contributed by atoms with Crippen molar-refractivity contribution in [3.63, 3.8) is 0 Å². The Morgan fingerprint density at radius 1 is 1.50 bits per heavy atom. The maximum absolute atomic E-state index is 5.92. The highest BCUT2D eigenvalue weighted by molar-refractivity contribution is 9.11. The molecular weight excluding hydrogens is 308 g/mol. The lowest BCUT2D eigenvalue weighted by Crippen LogP contribution is -2.05. The summed E-state index contributed by atoms with van der Waals surface area (Å²) >= 11 is 11.0. The minimum Gasteiger partial charge on any atom is -0.376 e. The number of aromatic nitrogens is 1. The van der Waals surface area contributed by atoms with Crippen LogP contribution in [0.2, 0.25) is 5.02 Å². The van der Waals surface area contributed by atoms with Crippen molar-refractivity contribution in [1.29, 1.82) is 0 Å². The van der Waals surface area contributed by atoms with Crippen molar-refractivity contribution < 1.29 is 0 Å². The Labute approximate surface area is 112 Å². The van der Waals surface area contributed by atoms with E-state index < -0.39 is 0 Å². The summed E-state index contributed by atoms with van der Waals surface area (Å²) in [5.74, 6) is 0. The molecule has 0 fully saturated rings. The number of hydrogen-bond donors (Lipinski definition) is 1. The molecule has 1 aromatic heterocycles. The van der Waals surface area contributed by atoms with E-state index in [1.807, 2.05) is 30.5 Å². The quantitative estimate of drug-likeness (QED) is 0.885. The smallest absolute Gasteiger partial charge is 0.116 e. The zero-order chi connectivity index (χ0) is 11.5. The van der Waals surface area contributed by atoms with Crippen LogP contribution in [0.5, 0.6) is 0 Å². The Bertz CT molecular complexity index is 486. The molecule has 2 nitrogen and oxygen atoms in total. The van der Waals surface area contributed by atoms with Crippen molar-refractivity contribution in [2.24, 2.45) is 0 Å². The Morgan fingerprint density at radius 3 is 2.94 bits per heavy atom. The van der Waals surface area contributed by atoms with Gasteiger partial charge in [-0.3, -0.25) is 0 Å². The van der Waals surface area contributed by atoms with Gasteiger partial charge in [-0.1, -0.05) is 17.7 Å². The van der Waals surface area contributed by atoms with E-state index in [0.717, 1.165) is 19.5 Å². The standard InChI is InChI=1S/C11H10BrClN2S/c1-7(11-14-6-10(12)16-11)15-9-4-2-3-8(13)5-9/h2-7,15H,1H3. The van der Waals surface area contributed by atoms with Gasteiger partial charge in [0, 0.05) is 10.7 Å². The minimum absolute atomic E-state index is 0.176. The van der Waals surface area contributed by atoms with Crippen molar-refractivity contribution in [3.05, 3.63) is 44.3 Å². The molecule has 5 heteroatoms. The average molecular weight is 318 g/mol. The highest BCUT2D eigenvalue weighted by Crippen LogP contribution is 2.27. The van der Waals surface area contributed by atoms with E-state index in [1.165, 1.54) is 0 Å². The van der Waals surface area contributed by atoms with Crippen molar-refractivity contribution in [3.8, 4) is 0 Å². The molecular formula is C11H10BrClN2S. The van der Waals surface area contributed by atoms with Gasteiger partial charge in [0.15, 0.2) is 0 Å². The molecule has 1 N–H and O–H groups in total. The second kappa shape index (κ2) is 5.17. The van der Waals surface area contributed by atoms with Crippen molar-refractivity contribution >= 4 is 44.6 Å². The molecule has 0 bridgehead atoms. The van der Waals surface area contributed by atoms with Crippen LogP contribution in [0, 0.1) is 0 Å². The molecule has 0 amide bonds. The third-order valence-corrected chi connectivity index (χ3v) is 3.97. The maximum atomic E-state index is 5.92. The third-order valence-electron chi connectivity index (χ3n) is 2.07. The van der Waals surface area contributed by atoms with Crippen LogP contribution in [0.4, 0.5) is 5.69 Å². The highest BCUT2D eigenvalue weighted by Gasteiger charge is 2.09. The van der Waals surface area contributed by atoms with E-state index in [0.29, 0.717) is 0 Å². The molecule has 0 aliphatic heterocycles. The molecule has 0 aliphatic rings. The Morgan fingerprint density at radius 2 is 2.31 bits per heavy atom. The second-order valence-corrected chi connectivity index (χ2v) is 6.26. The number of rotatable bonds is 3. The van der Waals surface area contributed by atoms with Crippen LogP contribution in [0.1, 0.15) is 18.0 Å². The minimum atomic E-state index is 0.176. The van der Waals surface area contributed by atoms with E-state index in [1.54, 1.807) is 11.3 Å². The van der Waals surface area contributed by atoms with Gasteiger partial charge in [0.05, 0.1) is 16.0 Å². The van der Waals surface area contributed by atoms with E-state index in [9.17, 15) is 0 Å². The Hall–Kier alpha value is -0.580. The summed E-state index contributed by atoms with van der Waals surface area (Å²) in [6.07, 6.45) is 1.82. The average Bonchev–Trinajstić information content (AvgIpc) is 2.65. The number of anilines is 1. The summed E-state index contributed by atoms with van der Waals surface area (Å²) in [5, 5.41) is 5.14. The Balaban J connectivity index is 2.10. The number of nitrogens with zero attached hydrogens (tertiary/aromatic N) is 1. The van der Waals surface area contributed by atoms with Crippen molar-refractivity contribution in [2.45, 2.75) is 13.0 Å². The van der Waals surface area contributed by atoms with Gasteiger partial charge in [0.2, 0.25) is 0 Å². The molecule has 1 atom stereocenters. The van der Waals surface area contributed by atoms with Crippen LogP contribution < -0.4 is 5.32 Å². The Kier molecular flexibility index (Phi) is 3.84. The molecule has 0 saturated carbocycles. The van der Waals surface area contributed by atoms with Crippen LogP contribution in [-0.2, 0) is 0 Å². The first kappa shape index (κ1) is 11.9. The highest BCUT2D eigenvalue weighted by atomic mass is 79.9. The molecule has 1 heterocycles. The van der Waals surface area contributed by atoms with Crippen LogP contribution in [0.3, 0.4) is 0 Å². The molecule has 84 valence electrons. The van der Waals surface area contributed by atoms with Gasteiger partial charge < -0.3 is 5.32 Å². The van der Waals surface area contributed by atoms with Gasteiger partial charge in [0.1, 0.15) is 5.01 Å². The third kappa shape index (κ3) is 2.97. The van der Waals surface area contributed by atoms with Gasteiger partial charge in [-0.05, 0) is 41.1 Å². The second-order valence-electron chi connectivity index (χ2n) is 3.38. The lowest BCUT2D eigenvalue weighted by atomic mass is 10.3. The topological polar surface area (TPSA) is 24.9 Å². The van der Waals surface area contributed by atoms with Crippen LogP contribution >= 0.6 is 38.9 Å². The number of halogens is 2. The summed E-state index contributed by atoms with van der Waals surface area (Å²) in [5.41, 5.74) is 1.01. The number of nitrogens with one attached hydrogen (secondary N) is 1. The number of benzene rings is 1. The van der Waals surface area contributed by atoms with Crippen LogP contribution in [0.25, 0.3) is 0 Å². The first-order valence-electron chi connectivity index (χ1n) is 4.78. The predicted molar refractivity (Wildman–Crippen MR) is 73.3 cm³/mol. The molecule has 1 aromatic carbocycles. The molecule has 0 spiro atoms.